The van der Waals surface area contributed by atoms with Crippen LogP contribution in [0.2, 0.25) is 10.0 Å². The lowest BCUT2D eigenvalue weighted by atomic mass is 10.0. The summed E-state index contributed by atoms with van der Waals surface area (Å²) in [5.41, 5.74) is 4.87. The molecule has 0 fully saturated rings. The van der Waals surface area contributed by atoms with Crippen molar-refractivity contribution in [2.75, 3.05) is 0 Å². The number of carbonyl (C=O) groups is 3. The Bertz CT molecular complexity index is 810. The second-order valence-electron chi connectivity index (χ2n) is 5.74. The predicted octanol–water partition coefficient (Wildman–Crippen LogP) is 3.27. The van der Waals surface area contributed by atoms with E-state index < -0.39 is 23.8 Å². The minimum atomic E-state index is -0.863. The van der Waals surface area contributed by atoms with E-state index in [4.69, 9.17) is 23.2 Å². The number of amides is 3. The Morgan fingerprint density at radius 1 is 1.04 bits per heavy atom. The lowest BCUT2D eigenvalue weighted by molar-refractivity contribution is -0.124. The topological polar surface area (TPSA) is 87.3 Å². The van der Waals surface area contributed by atoms with Gasteiger partial charge in [0.1, 0.15) is 6.04 Å². The molecule has 6 nitrogen and oxygen atoms in total. The quantitative estimate of drug-likeness (QED) is 0.657. The standard InChI is InChI=1S/C17H17Cl2N3O3S/c1-9(2)14(17(25)22-21-16(24)13-4-3-7-26-13)20-15(23)11-6-5-10(18)8-12(11)19/h3-9,14H,1-2H3,(H,20,23)(H,21,24)(H,22,25)/t14-/m0/s1. The summed E-state index contributed by atoms with van der Waals surface area (Å²) in [6.07, 6.45) is 0. The Labute approximate surface area is 164 Å². The fourth-order valence-corrected chi connectivity index (χ4v) is 3.21. The van der Waals surface area contributed by atoms with Crippen molar-refractivity contribution in [2.24, 2.45) is 5.92 Å². The molecule has 1 atom stereocenters. The van der Waals surface area contributed by atoms with Gasteiger partial charge in [-0.1, -0.05) is 43.1 Å². The number of halogens is 2. The summed E-state index contributed by atoms with van der Waals surface area (Å²) in [7, 11) is 0. The van der Waals surface area contributed by atoms with E-state index in [0.717, 1.165) is 0 Å². The monoisotopic (exact) mass is 413 g/mol. The number of hydrazine groups is 1. The first-order valence-electron chi connectivity index (χ1n) is 7.69. The minimum Gasteiger partial charge on any atom is -0.340 e. The van der Waals surface area contributed by atoms with E-state index in [1.54, 1.807) is 31.4 Å². The van der Waals surface area contributed by atoms with Crippen LogP contribution in [-0.4, -0.2) is 23.8 Å². The molecule has 0 aliphatic rings. The molecular formula is C17H17Cl2N3O3S. The van der Waals surface area contributed by atoms with Gasteiger partial charge in [-0.25, -0.2) is 0 Å². The largest absolute Gasteiger partial charge is 0.340 e. The van der Waals surface area contributed by atoms with E-state index in [-0.39, 0.29) is 16.5 Å². The van der Waals surface area contributed by atoms with Crippen molar-refractivity contribution >= 4 is 52.3 Å². The summed E-state index contributed by atoms with van der Waals surface area (Å²) in [4.78, 5) is 37.1. The molecule has 138 valence electrons. The highest BCUT2D eigenvalue weighted by molar-refractivity contribution is 7.12. The smallest absolute Gasteiger partial charge is 0.279 e. The molecular weight excluding hydrogens is 397 g/mol. The van der Waals surface area contributed by atoms with E-state index in [9.17, 15) is 14.4 Å². The van der Waals surface area contributed by atoms with Gasteiger partial charge in [-0.05, 0) is 35.6 Å². The maximum Gasteiger partial charge on any atom is 0.279 e. The first kappa shape index (κ1) is 20.2. The van der Waals surface area contributed by atoms with Gasteiger partial charge < -0.3 is 5.32 Å². The van der Waals surface area contributed by atoms with E-state index in [1.165, 1.54) is 29.5 Å². The number of hydrogen-bond acceptors (Lipinski definition) is 4. The van der Waals surface area contributed by atoms with Crippen LogP contribution in [-0.2, 0) is 4.79 Å². The summed E-state index contributed by atoms with van der Waals surface area (Å²) in [5.74, 6) is -1.69. The average molecular weight is 414 g/mol. The van der Waals surface area contributed by atoms with Crippen molar-refractivity contribution in [1.29, 1.82) is 0 Å². The van der Waals surface area contributed by atoms with Gasteiger partial charge >= 0.3 is 0 Å². The van der Waals surface area contributed by atoms with E-state index in [2.05, 4.69) is 16.2 Å². The molecule has 0 aliphatic heterocycles. The molecule has 1 aromatic carbocycles. The summed E-state index contributed by atoms with van der Waals surface area (Å²) in [6, 6.07) is 6.97. The molecule has 0 bridgehead atoms. The van der Waals surface area contributed by atoms with Crippen LogP contribution >= 0.6 is 34.5 Å². The zero-order valence-electron chi connectivity index (χ0n) is 14.0. The molecule has 0 saturated carbocycles. The van der Waals surface area contributed by atoms with Gasteiger partial charge in [0.25, 0.3) is 17.7 Å². The van der Waals surface area contributed by atoms with E-state index >= 15 is 0 Å². The third kappa shape index (κ3) is 5.20. The maximum atomic E-state index is 12.4. The first-order valence-corrected chi connectivity index (χ1v) is 9.32. The number of carbonyl (C=O) groups excluding carboxylic acids is 3. The second kappa shape index (κ2) is 9.02. The van der Waals surface area contributed by atoms with Gasteiger partial charge in [-0.3, -0.25) is 25.2 Å². The molecule has 9 heteroatoms. The summed E-state index contributed by atoms with van der Waals surface area (Å²) < 4.78 is 0. The van der Waals surface area contributed by atoms with Crippen LogP contribution < -0.4 is 16.2 Å². The second-order valence-corrected chi connectivity index (χ2v) is 7.53. The SMILES string of the molecule is CC(C)[C@H](NC(=O)c1ccc(Cl)cc1Cl)C(=O)NNC(=O)c1cccs1. The maximum absolute atomic E-state index is 12.4. The van der Waals surface area contributed by atoms with Crippen molar-refractivity contribution in [3.05, 3.63) is 56.2 Å². The Hall–Kier alpha value is -2.09. The van der Waals surface area contributed by atoms with Crippen LogP contribution in [0.3, 0.4) is 0 Å². The highest BCUT2D eigenvalue weighted by Crippen LogP contribution is 2.21. The van der Waals surface area contributed by atoms with Gasteiger partial charge in [0, 0.05) is 5.02 Å². The summed E-state index contributed by atoms with van der Waals surface area (Å²) in [5, 5.41) is 4.97. The molecule has 3 N–H and O–H groups in total. The highest BCUT2D eigenvalue weighted by Gasteiger charge is 2.26. The van der Waals surface area contributed by atoms with Crippen LogP contribution in [0.4, 0.5) is 0 Å². The number of benzene rings is 1. The molecule has 2 rings (SSSR count). The van der Waals surface area contributed by atoms with Gasteiger partial charge in [0.05, 0.1) is 15.5 Å². The zero-order valence-corrected chi connectivity index (χ0v) is 16.3. The van der Waals surface area contributed by atoms with Crippen LogP contribution in [0, 0.1) is 5.92 Å². The van der Waals surface area contributed by atoms with Crippen LogP contribution in [0.5, 0.6) is 0 Å². The highest BCUT2D eigenvalue weighted by atomic mass is 35.5. The van der Waals surface area contributed by atoms with Crippen LogP contribution in [0.25, 0.3) is 0 Å². The molecule has 0 spiro atoms. The number of hydrogen-bond donors (Lipinski definition) is 3. The lowest BCUT2D eigenvalue weighted by Gasteiger charge is -2.22. The van der Waals surface area contributed by atoms with Crippen molar-refractivity contribution in [1.82, 2.24) is 16.2 Å². The van der Waals surface area contributed by atoms with E-state index in [1.807, 2.05) is 0 Å². The fourth-order valence-electron chi connectivity index (χ4n) is 2.09. The van der Waals surface area contributed by atoms with Gasteiger partial charge in [-0.15, -0.1) is 11.3 Å². The average Bonchev–Trinajstić information content (AvgIpc) is 3.11. The Balaban J connectivity index is 2.02. The van der Waals surface area contributed by atoms with Gasteiger partial charge in [0.15, 0.2) is 0 Å². The number of thiophene rings is 1. The third-order valence-corrected chi connectivity index (χ3v) is 4.87. The molecule has 1 aromatic heterocycles. The summed E-state index contributed by atoms with van der Waals surface area (Å²) >= 11 is 13.1. The Morgan fingerprint density at radius 3 is 2.35 bits per heavy atom. The molecule has 0 aliphatic carbocycles. The summed E-state index contributed by atoms with van der Waals surface area (Å²) in [6.45, 7) is 3.55. The Kier molecular flexibility index (Phi) is 7.02. The van der Waals surface area contributed by atoms with Gasteiger partial charge in [-0.2, -0.15) is 0 Å². The molecule has 3 amide bonds. The van der Waals surface area contributed by atoms with Crippen molar-refractivity contribution in [3.8, 4) is 0 Å². The molecule has 0 radical (unpaired) electrons. The van der Waals surface area contributed by atoms with Gasteiger partial charge in [0.2, 0.25) is 0 Å². The van der Waals surface area contributed by atoms with Crippen molar-refractivity contribution in [2.45, 2.75) is 19.9 Å². The predicted molar refractivity (Wildman–Crippen MR) is 102 cm³/mol. The lowest BCUT2D eigenvalue weighted by Crippen LogP contribution is -2.54. The van der Waals surface area contributed by atoms with Crippen molar-refractivity contribution in [3.63, 3.8) is 0 Å². The molecule has 1 heterocycles. The molecule has 0 saturated heterocycles. The normalized spacial score (nSPS) is 11.7. The molecule has 2 aromatic rings. The fraction of sp³-hybridized carbons (Fsp3) is 0.235. The minimum absolute atomic E-state index is 0.184. The van der Waals surface area contributed by atoms with Crippen molar-refractivity contribution < 1.29 is 14.4 Å². The molecule has 26 heavy (non-hydrogen) atoms. The number of nitrogens with one attached hydrogen (secondary N) is 3. The van der Waals surface area contributed by atoms with E-state index in [0.29, 0.717) is 9.90 Å². The first-order chi connectivity index (χ1) is 12.3. The Morgan fingerprint density at radius 2 is 1.77 bits per heavy atom. The zero-order chi connectivity index (χ0) is 19.3. The van der Waals surface area contributed by atoms with Crippen LogP contribution in [0.1, 0.15) is 33.9 Å². The van der Waals surface area contributed by atoms with Crippen LogP contribution in [0.15, 0.2) is 35.7 Å². The number of rotatable bonds is 5. The molecule has 0 unspecified atom stereocenters. The third-order valence-electron chi connectivity index (χ3n) is 3.46.